The molecule has 0 aliphatic carbocycles. The number of carbonyl (C=O) groups is 3. The van der Waals surface area contributed by atoms with Gasteiger partial charge in [0.1, 0.15) is 5.82 Å². The number of rotatable bonds is 3. The minimum Gasteiger partial charge on any atom is -0.478 e. The van der Waals surface area contributed by atoms with Gasteiger partial charge in [-0.05, 0) is 24.3 Å². The van der Waals surface area contributed by atoms with Crippen LogP contribution in [-0.2, 0) is 9.59 Å². The Morgan fingerprint density at radius 3 is 1.56 bits per heavy atom. The molecule has 0 aliphatic rings. The van der Waals surface area contributed by atoms with E-state index in [1.807, 2.05) is 0 Å². The third-order valence-electron chi connectivity index (χ3n) is 1.46. The molecule has 0 saturated heterocycles. The molecule has 3 N–H and O–H groups in total. The maximum Gasteiger partial charge on any atom is 0.335 e. The highest BCUT2D eigenvalue weighted by Crippen LogP contribution is 2.01. The maximum absolute atomic E-state index is 12.2. The van der Waals surface area contributed by atoms with Gasteiger partial charge in [-0.25, -0.2) is 18.8 Å². The smallest absolute Gasteiger partial charge is 0.335 e. The fraction of sp³-hybridized carbons (Fsp3) is 0. The Morgan fingerprint density at radius 1 is 0.889 bits per heavy atom. The Labute approximate surface area is 101 Å². The molecule has 0 bridgehead atoms. The first-order chi connectivity index (χ1) is 8.32. The van der Waals surface area contributed by atoms with Gasteiger partial charge in [0.05, 0.1) is 5.56 Å². The number of aliphatic carboxylic acids is 2. The molecule has 1 aromatic carbocycles. The lowest BCUT2D eigenvalue weighted by Gasteiger charge is -1.90. The molecule has 1 rings (SSSR count). The van der Waals surface area contributed by atoms with Crippen molar-refractivity contribution in [3.05, 3.63) is 47.8 Å². The van der Waals surface area contributed by atoms with E-state index in [0.29, 0.717) is 12.2 Å². The first kappa shape index (κ1) is 15.3. The molecule has 0 unspecified atom stereocenters. The fourth-order valence-corrected chi connectivity index (χ4v) is 0.735. The zero-order valence-corrected chi connectivity index (χ0v) is 8.91. The first-order valence-electron chi connectivity index (χ1n) is 4.45. The van der Waals surface area contributed by atoms with Crippen LogP contribution in [0.5, 0.6) is 0 Å². The van der Waals surface area contributed by atoms with Crippen LogP contribution in [0.3, 0.4) is 0 Å². The Morgan fingerprint density at radius 2 is 1.28 bits per heavy atom. The van der Waals surface area contributed by atoms with E-state index in [4.69, 9.17) is 15.3 Å². The average Bonchev–Trinajstić information content (AvgIpc) is 2.28. The van der Waals surface area contributed by atoms with Crippen molar-refractivity contribution < 1.29 is 34.1 Å². The summed E-state index contributed by atoms with van der Waals surface area (Å²) in [5.41, 5.74) is 0.0985. The predicted molar refractivity (Wildman–Crippen MR) is 57.8 cm³/mol. The van der Waals surface area contributed by atoms with Gasteiger partial charge >= 0.3 is 17.9 Å². The molecule has 0 spiro atoms. The van der Waals surface area contributed by atoms with Crippen molar-refractivity contribution in [1.29, 1.82) is 0 Å². The summed E-state index contributed by atoms with van der Waals surface area (Å²) in [6.45, 7) is 0. The van der Waals surface area contributed by atoms with Crippen LogP contribution < -0.4 is 0 Å². The van der Waals surface area contributed by atoms with Crippen LogP contribution in [0.1, 0.15) is 10.4 Å². The summed E-state index contributed by atoms with van der Waals surface area (Å²) in [5, 5.41) is 24.0. The van der Waals surface area contributed by atoms with Crippen LogP contribution >= 0.6 is 0 Å². The fourth-order valence-electron chi connectivity index (χ4n) is 0.735. The third kappa shape index (κ3) is 7.57. The van der Waals surface area contributed by atoms with Gasteiger partial charge in [-0.3, -0.25) is 0 Å². The van der Waals surface area contributed by atoms with Crippen LogP contribution in [0.15, 0.2) is 36.4 Å². The highest BCUT2D eigenvalue weighted by molar-refractivity contribution is 5.89. The molecule has 0 heterocycles. The van der Waals surface area contributed by atoms with Crippen molar-refractivity contribution in [1.82, 2.24) is 0 Å². The molecular weight excluding hydrogens is 247 g/mol. The Kier molecular flexibility index (Phi) is 6.42. The molecule has 0 fully saturated rings. The number of carboxylic acids is 3. The highest BCUT2D eigenvalue weighted by Gasteiger charge is 1.99. The van der Waals surface area contributed by atoms with Gasteiger partial charge in [0, 0.05) is 12.2 Å². The average molecular weight is 256 g/mol. The molecule has 18 heavy (non-hydrogen) atoms. The molecule has 0 atom stereocenters. The van der Waals surface area contributed by atoms with E-state index in [0.717, 1.165) is 12.1 Å². The molecule has 6 nitrogen and oxygen atoms in total. The van der Waals surface area contributed by atoms with Gasteiger partial charge in [-0.2, -0.15) is 0 Å². The lowest BCUT2D eigenvalue weighted by Crippen LogP contribution is -1.94. The zero-order chi connectivity index (χ0) is 14.1. The quantitative estimate of drug-likeness (QED) is 0.701. The number of aromatic carboxylic acids is 1. The lowest BCUT2D eigenvalue weighted by atomic mass is 10.2. The van der Waals surface area contributed by atoms with Crippen LogP contribution in [0.2, 0.25) is 0 Å². The van der Waals surface area contributed by atoms with E-state index in [2.05, 4.69) is 0 Å². The largest absolute Gasteiger partial charge is 0.478 e. The normalized spacial score (nSPS) is 9.39. The second kappa shape index (κ2) is 7.55. The number of benzene rings is 1. The monoisotopic (exact) mass is 256 g/mol. The van der Waals surface area contributed by atoms with Crippen molar-refractivity contribution in [3.63, 3.8) is 0 Å². The van der Waals surface area contributed by atoms with Crippen molar-refractivity contribution in [2.24, 2.45) is 0 Å². The second-order valence-electron chi connectivity index (χ2n) is 2.82. The SMILES string of the molecule is O=C(O)/C=C\C(=O)O.O=C(O)c1ccc(F)cc1. The third-order valence-corrected chi connectivity index (χ3v) is 1.46. The zero-order valence-electron chi connectivity index (χ0n) is 8.91. The van der Waals surface area contributed by atoms with Crippen molar-refractivity contribution in [2.75, 3.05) is 0 Å². The number of carboxylic acid groups (broad SMARTS) is 3. The number of hydrogen-bond acceptors (Lipinski definition) is 3. The summed E-state index contributed by atoms with van der Waals surface area (Å²) in [5.74, 6) is -3.98. The molecule has 0 saturated carbocycles. The van der Waals surface area contributed by atoms with Gasteiger partial charge in [0.25, 0.3) is 0 Å². The Hall–Kier alpha value is -2.70. The molecule has 7 heteroatoms. The van der Waals surface area contributed by atoms with Crippen molar-refractivity contribution >= 4 is 17.9 Å². The summed E-state index contributed by atoms with van der Waals surface area (Å²) in [7, 11) is 0. The second-order valence-corrected chi connectivity index (χ2v) is 2.82. The molecule has 96 valence electrons. The number of hydrogen-bond donors (Lipinski definition) is 3. The summed E-state index contributed by atoms with van der Waals surface area (Å²) in [4.78, 5) is 29.3. The van der Waals surface area contributed by atoms with Gasteiger partial charge in [0.15, 0.2) is 0 Å². The van der Waals surface area contributed by atoms with Gasteiger partial charge < -0.3 is 15.3 Å². The number of halogens is 1. The highest BCUT2D eigenvalue weighted by atomic mass is 19.1. The molecule has 0 aromatic heterocycles. The van der Waals surface area contributed by atoms with E-state index in [1.165, 1.54) is 12.1 Å². The summed E-state index contributed by atoms with van der Waals surface area (Å²) in [6.07, 6.45) is 1.12. The van der Waals surface area contributed by atoms with Gasteiger partial charge in [-0.15, -0.1) is 0 Å². The molecule has 0 radical (unpaired) electrons. The first-order valence-corrected chi connectivity index (χ1v) is 4.45. The summed E-state index contributed by atoms with van der Waals surface area (Å²) < 4.78 is 12.2. The van der Waals surface area contributed by atoms with Crippen LogP contribution in [0.25, 0.3) is 0 Å². The van der Waals surface area contributed by atoms with E-state index < -0.39 is 23.7 Å². The van der Waals surface area contributed by atoms with Gasteiger partial charge in [0.2, 0.25) is 0 Å². The van der Waals surface area contributed by atoms with E-state index >= 15 is 0 Å². The van der Waals surface area contributed by atoms with Crippen molar-refractivity contribution in [3.8, 4) is 0 Å². The van der Waals surface area contributed by atoms with E-state index in [9.17, 15) is 18.8 Å². The Balaban J connectivity index is 0.000000331. The molecule has 0 aliphatic heterocycles. The Bertz CT molecular complexity index is 447. The van der Waals surface area contributed by atoms with Crippen LogP contribution in [-0.4, -0.2) is 33.2 Å². The van der Waals surface area contributed by atoms with E-state index in [-0.39, 0.29) is 5.56 Å². The standard InChI is InChI=1S/C7H5FO2.C4H4O4/c8-6-3-1-5(2-4-6)7(9)10;5-3(6)1-2-4(7)8/h1-4H,(H,9,10);1-2H,(H,5,6)(H,7,8)/b;2-1-. The maximum atomic E-state index is 12.2. The molecule has 0 amide bonds. The summed E-state index contributed by atoms with van der Waals surface area (Å²) in [6, 6.07) is 4.67. The predicted octanol–water partition coefficient (Wildman–Crippen LogP) is 1.24. The van der Waals surface area contributed by atoms with Crippen molar-refractivity contribution in [2.45, 2.75) is 0 Å². The molecule has 1 aromatic rings. The van der Waals surface area contributed by atoms with Crippen LogP contribution in [0.4, 0.5) is 4.39 Å². The summed E-state index contributed by atoms with van der Waals surface area (Å²) >= 11 is 0. The van der Waals surface area contributed by atoms with E-state index in [1.54, 1.807) is 0 Å². The lowest BCUT2D eigenvalue weighted by molar-refractivity contribution is -0.134. The topological polar surface area (TPSA) is 112 Å². The minimum atomic E-state index is -1.26. The minimum absolute atomic E-state index is 0.0985. The van der Waals surface area contributed by atoms with Crippen LogP contribution in [0, 0.1) is 5.82 Å². The molecular formula is C11H9FO6. The van der Waals surface area contributed by atoms with Gasteiger partial charge in [-0.1, -0.05) is 0 Å².